The van der Waals surface area contributed by atoms with Crippen LogP contribution in [0.3, 0.4) is 0 Å². The van der Waals surface area contributed by atoms with Crippen LogP contribution in [0.25, 0.3) is 0 Å². The summed E-state index contributed by atoms with van der Waals surface area (Å²) in [6.07, 6.45) is -5.89. The van der Waals surface area contributed by atoms with Gasteiger partial charge in [0.2, 0.25) is 6.29 Å². The fraction of sp³-hybridized carbons (Fsp3) is 0.406. The SMILES string of the molecule is CC(C)(C)C(=O)O[C@H]1[C@H](OP(=O)(O)O)O[C@H](COCc2ccccc2)[C@H](OCc2ccccc2)[C@@H]1OCc1ccccc1. The maximum Gasteiger partial charge on any atom is 0.472 e. The van der Waals surface area contributed by atoms with Crippen molar-refractivity contribution in [1.29, 1.82) is 0 Å². The van der Waals surface area contributed by atoms with Gasteiger partial charge >= 0.3 is 13.8 Å². The van der Waals surface area contributed by atoms with Gasteiger partial charge in [-0.25, -0.2) is 4.57 Å². The van der Waals surface area contributed by atoms with Gasteiger partial charge < -0.3 is 33.5 Å². The Balaban J connectivity index is 1.67. The molecule has 4 rings (SSSR count). The third-order valence-electron chi connectivity index (χ3n) is 6.65. The maximum absolute atomic E-state index is 13.1. The minimum atomic E-state index is -5.10. The van der Waals surface area contributed by atoms with Gasteiger partial charge in [0.1, 0.15) is 18.3 Å². The molecule has 0 saturated carbocycles. The molecule has 0 unspecified atom stereocenters. The van der Waals surface area contributed by atoms with Crippen LogP contribution in [-0.4, -0.2) is 53.1 Å². The summed E-state index contributed by atoms with van der Waals surface area (Å²) in [5, 5.41) is 0. The molecule has 0 bridgehead atoms. The van der Waals surface area contributed by atoms with Crippen molar-refractivity contribution in [1.82, 2.24) is 0 Å². The van der Waals surface area contributed by atoms with Crippen LogP contribution in [0.1, 0.15) is 37.5 Å². The van der Waals surface area contributed by atoms with E-state index in [4.69, 9.17) is 28.2 Å². The van der Waals surface area contributed by atoms with E-state index in [2.05, 4.69) is 0 Å². The van der Waals surface area contributed by atoms with E-state index >= 15 is 0 Å². The predicted octanol–water partition coefficient (Wildman–Crippen LogP) is 5.17. The third-order valence-corrected chi connectivity index (χ3v) is 7.13. The molecule has 0 aromatic heterocycles. The van der Waals surface area contributed by atoms with E-state index in [1.807, 2.05) is 91.0 Å². The van der Waals surface area contributed by atoms with Gasteiger partial charge in [-0.3, -0.25) is 9.32 Å². The average Bonchev–Trinajstić information content (AvgIpc) is 2.97. The fourth-order valence-electron chi connectivity index (χ4n) is 4.45. The number of carbonyl (C=O) groups excluding carboxylic acids is 1. The molecule has 3 aromatic rings. The zero-order chi connectivity index (χ0) is 30.9. The van der Waals surface area contributed by atoms with Crippen molar-refractivity contribution in [2.45, 2.75) is 71.3 Å². The molecule has 3 aromatic carbocycles. The summed E-state index contributed by atoms with van der Waals surface area (Å²) in [7, 11) is -5.10. The Hall–Kier alpha value is -2.92. The van der Waals surface area contributed by atoms with E-state index < -0.39 is 49.9 Å². The van der Waals surface area contributed by atoms with Crippen molar-refractivity contribution < 1.29 is 47.4 Å². The number of carbonyl (C=O) groups is 1. The lowest BCUT2D eigenvalue weighted by Crippen LogP contribution is -2.62. The summed E-state index contributed by atoms with van der Waals surface area (Å²) < 4.78 is 47.8. The van der Waals surface area contributed by atoms with Crippen LogP contribution in [0.2, 0.25) is 0 Å². The summed E-state index contributed by atoms with van der Waals surface area (Å²) >= 11 is 0. The molecule has 10 nitrogen and oxygen atoms in total. The van der Waals surface area contributed by atoms with Crippen LogP contribution in [-0.2, 0) is 57.4 Å². The van der Waals surface area contributed by atoms with Crippen molar-refractivity contribution in [3.8, 4) is 0 Å². The van der Waals surface area contributed by atoms with Gasteiger partial charge in [-0.2, -0.15) is 0 Å². The van der Waals surface area contributed by atoms with Crippen molar-refractivity contribution in [3.63, 3.8) is 0 Å². The highest BCUT2D eigenvalue weighted by atomic mass is 31.2. The van der Waals surface area contributed by atoms with E-state index in [-0.39, 0.29) is 26.4 Å². The minimum absolute atomic E-state index is 0.0273. The molecule has 5 atom stereocenters. The van der Waals surface area contributed by atoms with E-state index in [9.17, 15) is 19.1 Å². The Morgan fingerprint density at radius 2 is 1.21 bits per heavy atom. The van der Waals surface area contributed by atoms with Gasteiger partial charge in [-0.05, 0) is 37.5 Å². The Bertz CT molecular complexity index is 1310. The predicted molar refractivity (Wildman–Crippen MR) is 157 cm³/mol. The highest BCUT2D eigenvalue weighted by Crippen LogP contribution is 2.43. The minimum Gasteiger partial charge on any atom is -0.454 e. The summed E-state index contributed by atoms with van der Waals surface area (Å²) in [6, 6.07) is 28.4. The normalized spacial score (nSPS) is 22.7. The topological polar surface area (TPSA) is 130 Å². The van der Waals surface area contributed by atoms with Gasteiger partial charge in [0, 0.05) is 0 Å². The fourth-order valence-corrected chi connectivity index (χ4v) is 4.89. The number of phosphoric ester groups is 1. The quantitative estimate of drug-likeness (QED) is 0.197. The number of hydrogen-bond donors (Lipinski definition) is 2. The Morgan fingerprint density at radius 1 is 0.744 bits per heavy atom. The molecule has 1 fully saturated rings. The maximum atomic E-state index is 13.1. The molecule has 0 radical (unpaired) electrons. The van der Waals surface area contributed by atoms with Crippen molar-refractivity contribution in [3.05, 3.63) is 108 Å². The standard InChI is InChI=1S/C32H39O10P/c1-32(2,3)31(33)41-29-28(39-21-25-17-11-6-12-18-25)27(38-20-24-15-9-5-10-16-24)26(40-30(29)42-43(34,35)36)22-37-19-23-13-7-4-8-14-23/h4-18,26-30H,19-22H2,1-3H3,(H2,34,35,36)/t26-,27+,28+,29-,30+/m1/s1. The molecule has 11 heteroatoms. The molecule has 0 spiro atoms. The summed E-state index contributed by atoms with van der Waals surface area (Å²) in [5.41, 5.74) is 1.70. The Morgan fingerprint density at radius 3 is 1.67 bits per heavy atom. The van der Waals surface area contributed by atoms with Crippen LogP contribution in [0.15, 0.2) is 91.0 Å². The summed E-state index contributed by atoms with van der Waals surface area (Å²) in [6.45, 7) is 5.50. The van der Waals surface area contributed by atoms with Crippen molar-refractivity contribution in [2.24, 2.45) is 5.41 Å². The highest BCUT2D eigenvalue weighted by Gasteiger charge is 2.52. The number of esters is 1. The summed E-state index contributed by atoms with van der Waals surface area (Å²) in [4.78, 5) is 32.7. The van der Waals surface area contributed by atoms with E-state index in [0.29, 0.717) is 0 Å². The number of rotatable bonds is 13. The van der Waals surface area contributed by atoms with Gasteiger partial charge in [-0.1, -0.05) is 91.0 Å². The van der Waals surface area contributed by atoms with Crippen LogP contribution in [0, 0.1) is 5.41 Å². The van der Waals surface area contributed by atoms with Gasteiger partial charge in [-0.15, -0.1) is 0 Å². The Kier molecular flexibility index (Phi) is 11.7. The average molecular weight is 615 g/mol. The van der Waals surface area contributed by atoms with Crippen molar-refractivity contribution >= 4 is 13.8 Å². The first-order valence-electron chi connectivity index (χ1n) is 14.0. The number of phosphoric acid groups is 1. The molecule has 1 aliphatic rings. The number of hydrogen-bond acceptors (Lipinski definition) is 8. The number of ether oxygens (including phenoxy) is 5. The molecule has 43 heavy (non-hydrogen) atoms. The summed E-state index contributed by atoms with van der Waals surface area (Å²) in [5.74, 6) is -0.630. The molecule has 1 heterocycles. The second-order valence-corrected chi connectivity index (χ2v) is 12.5. The van der Waals surface area contributed by atoms with Crippen LogP contribution < -0.4 is 0 Å². The lowest BCUT2D eigenvalue weighted by Gasteiger charge is -2.45. The van der Waals surface area contributed by atoms with Gasteiger partial charge in [0.15, 0.2) is 6.10 Å². The van der Waals surface area contributed by atoms with E-state index in [1.54, 1.807) is 20.8 Å². The zero-order valence-corrected chi connectivity index (χ0v) is 25.4. The first-order valence-corrected chi connectivity index (χ1v) is 15.6. The van der Waals surface area contributed by atoms with E-state index in [0.717, 1.165) is 16.7 Å². The first kappa shape index (κ1) is 33.0. The molecule has 0 amide bonds. The number of benzene rings is 3. The zero-order valence-electron chi connectivity index (χ0n) is 24.5. The lowest BCUT2D eigenvalue weighted by atomic mass is 9.95. The van der Waals surface area contributed by atoms with Crippen LogP contribution in [0.5, 0.6) is 0 Å². The lowest BCUT2D eigenvalue weighted by molar-refractivity contribution is -0.306. The van der Waals surface area contributed by atoms with Crippen LogP contribution >= 0.6 is 7.82 Å². The second-order valence-electron chi connectivity index (χ2n) is 11.3. The van der Waals surface area contributed by atoms with Crippen LogP contribution in [0.4, 0.5) is 0 Å². The van der Waals surface area contributed by atoms with Gasteiger partial charge in [0.05, 0.1) is 31.8 Å². The molecule has 2 N–H and O–H groups in total. The van der Waals surface area contributed by atoms with E-state index in [1.165, 1.54) is 0 Å². The van der Waals surface area contributed by atoms with Gasteiger partial charge in [0.25, 0.3) is 0 Å². The smallest absolute Gasteiger partial charge is 0.454 e. The molecule has 1 saturated heterocycles. The third kappa shape index (κ3) is 10.3. The molecule has 232 valence electrons. The Labute approximate surface area is 252 Å². The van der Waals surface area contributed by atoms with Crippen molar-refractivity contribution in [2.75, 3.05) is 6.61 Å². The highest BCUT2D eigenvalue weighted by molar-refractivity contribution is 7.46. The molecule has 1 aliphatic heterocycles. The monoisotopic (exact) mass is 614 g/mol. The molecular weight excluding hydrogens is 575 g/mol. The largest absolute Gasteiger partial charge is 0.472 e. The first-order chi connectivity index (χ1) is 20.5. The second kappa shape index (κ2) is 15.2. The molecular formula is C32H39O10P. The molecule has 0 aliphatic carbocycles.